The molecular weight excluding hydrogens is 512 g/mol. The second kappa shape index (κ2) is 10.7. The van der Waals surface area contributed by atoms with Gasteiger partial charge >= 0.3 is 0 Å². The fourth-order valence-corrected chi connectivity index (χ4v) is 5.29. The number of fused-ring (bicyclic) bond motifs is 1. The van der Waals surface area contributed by atoms with Gasteiger partial charge in [-0.3, -0.25) is 19.8 Å². The Morgan fingerprint density at radius 2 is 1.88 bits per heavy atom. The number of hydrogen-bond acceptors (Lipinski definition) is 9. The van der Waals surface area contributed by atoms with Crippen molar-refractivity contribution in [3.8, 4) is 0 Å². The second-order valence-electron chi connectivity index (χ2n) is 9.80. The quantitative estimate of drug-likeness (QED) is 0.231. The number of tetrazole rings is 1. The molecular formula is C28H28N8O4. The first kappa shape index (κ1) is 25.4. The van der Waals surface area contributed by atoms with Gasteiger partial charge in [-0.2, -0.15) is 0 Å². The normalized spacial score (nSPS) is 15.0. The van der Waals surface area contributed by atoms with Gasteiger partial charge in [-0.1, -0.05) is 13.0 Å². The Kier molecular flexibility index (Phi) is 6.83. The molecule has 1 fully saturated rings. The van der Waals surface area contributed by atoms with Gasteiger partial charge < -0.3 is 14.3 Å². The van der Waals surface area contributed by atoms with Crippen LogP contribution in [0.1, 0.15) is 35.7 Å². The van der Waals surface area contributed by atoms with Crippen molar-refractivity contribution >= 4 is 22.3 Å². The summed E-state index contributed by atoms with van der Waals surface area (Å²) in [4.78, 5) is 31.6. The predicted octanol–water partition coefficient (Wildman–Crippen LogP) is 3.54. The SMILES string of the molecule is CCc1ccc2[nH]c(=O)c([C@H](c3nnnn3Cc3ccco3)N3CCN(c4ccc([N+](=O)[O-])cc4)CC3)cc2c1. The molecule has 0 unspecified atom stereocenters. The molecule has 0 radical (unpaired) electrons. The number of aromatic amines is 1. The third-order valence-electron chi connectivity index (χ3n) is 7.44. The van der Waals surface area contributed by atoms with Crippen LogP contribution in [-0.4, -0.2) is 61.2 Å². The Morgan fingerprint density at radius 3 is 2.58 bits per heavy atom. The Labute approximate surface area is 229 Å². The van der Waals surface area contributed by atoms with E-state index < -0.39 is 11.0 Å². The Hall–Kier alpha value is -4.84. The van der Waals surface area contributed by atoms with Gasteiger partial charge in [-0.05, 0) is 70.3 Å². The maximum atomic E-state index is 13.5. The van der Waals surface area contributed by atoms with Gasteiger partial charge in [-0.25, -0.2) is 4.68 Å². The molecule has 12 heteroatoms. The standard InChI is InChI=1S/C28H28N8O4/c1-2-19-5-10-25-20(16-19)17-24(28(37)29-25)26(27-30-31-32-35(27)18-23-4-3-15-40-23)34-13-11-33(12-14-34)21-6-8-22(9-7-21)36(38)39/h3-10,15-17,26H,2,11-14,18H2,1H3,(H,29,37)/t26-/m1/s1. The van der Waals surface area contributed by atoms with Crippen LogP contribution in [0.3, 0.4) is 0 Å². The van der Waals surface area contributed by atoms with Crippen LogP contribution in [-0.2, 0) is 13.0 Å². The molecule has 12 nitrogen and oxygen atoms in total. The van der Waals surface area contributed by atoms with Crippen molar-refractivity contribution in [3.05, 3.63) is 110 Å². The minimum absolute atomic E-state index is 0.0626. The number of piperazine rings is 1. The second-order valence-corrected chi connectivity index (χ2v) is 9.80. The molecule has 4 heterocycles. The molecule has 6 rings (SSSR count). The molecule has 40 heavy (non-hydrogen) atoms. The van der Waals surface area contributed by atoms with E-state index in [1.807, 2.05) is 30.3 Å². The van der Waals surface area contributed by atoms with E-state index in [1.165, 1.54) is 17.7 Å². The highest BCUT2D eigenvalue weighted by molar-refractivity contribution is 5.80. The largest absolute Gasteiger partial charge is 0.467 e. The van der Waals surface area contributed by atoms with Crippen LogP contribution in [0.25, 0.3) is 10.9 Å². The summed E-state index contributed by atoms with van der Waals surface area (Å²) in [6, 6.07) is 17.8. The van der Waals surface area contributed by atoms with Crippen LogP contribution in [0.5, 0.6) is 0 Å². The highest BCUT2D eigenvalue weighted by Crippen LogP contribution is 2.30. The maximum absolute atomic E-state index is 13.5. The monoisotopic (exact) mass is 540 g/mol. The van der Waals surface area contributed by atoms with E-state index in [4.69, 9.17) is 4.42 Å². The lowest BCUT2D eigenvalue weighted by atomic mass is 10.0. The van der Waals surface area contributed by atoms with Gasteiger partial charge in [0.2, 0.25) is 0 Å². The number of non-ortho nitro benzene ring substituents is 1. The van der Waals surface area contributed by atoms with Gasteiger partial charge in [0.05, 0.1) is 11.2 Å². The van der Waals surface area contributed by atoms with Gasteiger partial charge in [0, 0.05) is 55.1 Å². The van der Waals surface area contributed by atoms with Gasteiger partial charge in [0.25, 0.3) is 11.2 Å². The lowest BCUT2D eigenvalue weighted by molar-refractivity contribution is -0.384. The number of H-pyrrole nitrogens is 1. The Balaban J connectivity index is 1.35. The average Bonchev–Trinajstić information content (AvgIpc) is 3.66. The van der Waals surface area contributed by atoms with Crippen molar-refractivity contribution in [1.82, 2.24) is 30.1 Å². The zero-order valence-electron chi connectivity index (χ0n) is 21.9. The maximum Gasteiger partial charge on any atom is 0.269 e. The number of furan rings is 1. The average molecular weight is 541 g/mol. The van der Waals surface area contributed by atoms with Gasteiger partial charge in [0.15, 0.2) is 5.82 Å². The first-order chi connectivity index (χ1) is 19.5. The summed E-state index contributed by atoms with van der Waals surface area (Å²) >= 11 is 0. The first-order valence-corrected chi connectivity index (χ1v) is 13.2. The van der Waals surface area contributed by atoms with E-state index in [-0.39, 0.29) is 11.2 Å². The smallest absolute Gasteiger partial charge is 0.269 e. The molecule has 0 bridgehead atoms. The van der Waals surface area contributed by atoms with Crippen molar-refractivity contribution in [1.29, 1.82) is 0 Å². The number of hydrogen-bond donors (Lipinski definition) is 1. The van der Waals surface area contributed by atoms with E-state index in [0.29, 0.717) is 49.9 Å². The van der Waals surface area contributed by atoms with Crippen molar-refractivity contribution in [3.63, 3.8) is 0 Å². The van der Waals surface area contributed by atoms with E-state index in [9.17, 15) is 14.9 Å². The number of aryl methyl sites for hydroxylation is 1. The Bertz CT molecular complexity index is 1690. The summed E-state index contributed by atoms with van der Waals surface area (Å²) < 4.78 is 7.22. The number of nitrogens with zero attached hydrogens (tertiary/aromatic N) is 7. The topological polar surface area (TPSA) is 139 Å². The number of benzene rings is 2. The lowest BCUT2D eigenvalue weighted by Crippen LogP contribution is -2.49. The van der Waals surface area contributed by atoms with Crippen LogP contribution < -0.4 is 10.5 Å². The fourth-order valence-electron chi connectivity index (χ4n) is 5.29. The van der Waals surface area contributed by atoms with Gasteiger partial charge in [0.1, 0.15) is 18.3 Å². The summed E-state index contributed by atoms with van der Waals surface area (Å²) in [5, 5.41) is 24.6. The first-order valence-electron chi connectivity index (χ1n) is 13.2. The Morgan fingerprint density at radius 1 is 1.07 bits per heavy atom. The number of nitro benzene ring substituents is 1. The van der Waals surface area contributed by atoms with Crippen LogP contribution in [0.4, 0.5) is 11.4 Å². The molecule has 204 valence electrons. The molecule has 2 aromatic carbocycles. The molecule has 0 amide bonds. The number of nitro groups is 1. The zero-order chi connectivity index (χ0) is 27.6. The van der Waals surface area contributed by atoms with Gasteiger partial charge in [-0.15, -0.1) is 5.10 Å². The minimum Gasteiger partial charge on any atom is -0.467 e. The third-order valence-corrected chi connectivity index (χ3v) is 7.44. The zero-order valence-corrected chi connectivity index (χ0v) is 21.9. The highest BCUT2D eigenvalue weighted by atomic mass is 16.6. The molecule has 1 atom stereocenters. The van der Waals surface area contributed by atoms with Crippen LogP contribution in [0, 0.1) is 10.1 Å². The van der Waals surface area contributed by atoms with Crippen molar-refractivity contribution in [2.24, 2.45) is 0 Å². The number of nitrogens with one attached hydrogen (secondary N) is 1. The summed E-state index contributed by atoms with van der Waals surface area (Å²) in [6.45, 7) is 5.02. The van der Waals surface area contributed by atoms with Crippen molar-refractivity contribution in [2.75, 3.05) is 31.1 Å². The molecule has 0 saturated carbocycles. The number of rotatable bonds is 8. The van der Waals surface area contributed by atoms with Crippen LogP contribution in [0.2, 0.25) is 0 Å². The van der Waals surface area contributed by atoms with Crippen molar-refractivity contribution in [2.45, 2.75) is 25.9 Å². The summed E-state index contributed by atoms with van der Waals surface area (Å²) in [7, 11) is 0. The van der Waals surface area contributed by atoms with E-state index in [0.717, 1.165) is 23.0 Å². The van der Waals surface area contributed by atoms with E-state index in [2.05, 4.69) is 43.3 Å². The molecule has 0 spiro atoms. The van der Waals surface area contributed by atoms with Crippen LogP contribution in [0.15, 0.2) is 76.1 Å². The van der Waals surface area contributed by atoms with Crippen molar-refractivity contribution < 1.29 is 9.34 Å². The van der Waals surface area contributed by atoms with Crippen LogP contribution >= 0.6 is 0 Å². The third kappa shape index (κ3) is 4.96. The minimum atomic E-state index is -0.498. The molecule has 0 aliphatic carbocycles. The molecule has 1 aliphatic rings. The molecule has 5 aromatic rings. The summed E-state index contributed by atoms with van der Waals surface area (Å²) in [6.07, 6.45) is 2.49. The van der Waals surface area contributed by atoms with E-state index in [1.54, 1.807) is 23.1 Å². The molecule has 1 saturated heterocycles. The number of aromatic nitrogens is 5. The summed E-state index contributed by atoms with van der Waals surface area (Å²) in [5.41, 5.74) is 3.32. The highest BCUT2D eigenvalue weighted by Gasteiger charge is 2.33. The molecule has 1 N–H and O–H groups in total. The molecule has 1 aliphatic heterocycles. The number of pyridine rings is 1. The van der Waals surface area contributed by atoms with E-state index >= 15 is 0 Å². The predicted molar refractivity (Wildman–Crippen MR) is 148 cm³/mol. The number of anilines is 1. The fraction of sp³-hybridized carbons (Fsp3) is 0.286. The lowest BCUT2D eigenvalue weighted by Gasteiger charge is -2.39. The summed E-state index contributed by atoms with van der Waals surface area (Å²) in [5.74, 6) is 1.26. The molecule has 3 aromatic heterocycles.